The monoisotopic (exact) mass is 1440 g/mol. The fraction of sp³-hybridized carbons (Fsp3) is 0.408. The third-order valence-electron chi connectivity index (χ3n) is 21.5. The van der Waals surface area contributed by atoms with Crippen LogP contribution in [0.5, 0.6) is 35.3 Å². The number of aliphatic hydroxyl groups is 1. The molecule has 12 heterocycles. The van der Waals surface area contributed by atoms with Crippen LogP contribution in [0.25, 0.3) is 65.8 Å². The molecular weight excluding hydrogens is 1370 g/mol. The molecule has 3 saturated carbocycles. The molecule has 105 heavy (non-hydrogen) atoms. The summed E-state index contributed by atoms with van der Waals surface area (Å²) < 4.78 is 107. The fourth-order valence-electron chi connectivity index (χ4n) is 15.4. The summed E-state index contributed by atoms with van der Waals surface area (Å²) in [6.07, 6.45) is 14.1. The number of nitrogens with zero attached hydrogens (tertiary/aromatic N) is 15. The van der Waals surface area contributed by atoms with Gasteiger partial charge in [0.15, 0.2) is 58.0 Å². The Bertz CT molecular complexity index is 5160. The number of hydrogen-bond donors (Lipinski definition) is 10. The number of fused-ring (bicyclic) bond motifs is 11. The number of halogens is 6. The number of benzene rings is 3. The summed E-state index contributed by atoms with van der Waals surface area (Å²) in [7, 11) is 4.93. The van der Waals surface area contributed by atoms with Gasteiger partial charge >= 0.3 is 18.0 Å². The Morgan fingerprint density at radius 3 is 1.11 bits per heavy atom. The molecule has 546 valence electrons. The summed E-state index contributed by atoms with van der Waals surface area (Å²) in [5.74, 6) is -0.920. The van der Waals surface area contributed by atoms with Crippen molar-refractivity contribution in [3.8, 4) is 35.3 Å². The van der Waals surface area contributed by atoms with Crippen molar-refractivity contribution in [3.63, 3.8) is 0 Å². The van der Waals surface area contributed by atoms with Crippen molar-refractivity contribution in [3.05, 3.63) is 108 Å². The van der Waals surface area contributed by atoms with Gasteiger partial charge in [0.1, 0.15) is 52.1 Å². The fourth-order valence-corrected chi connectivity index (χ4v) is 15.4. The predicted octanol–water partition coefficient (Wildman–Crippen LogP) is 11.1. The van der Waals surface area contributed by atoms with Crippen molar-refractivity contribution in [2.24, 2.45) is 33.9 Å². The molecule has 0 amide bonds. The van der Waals surface area contributed by atoms with E-state index >= 15 is 13.2 Å². The molecule has 2 spiro atoms. The number of hydrogen-bond acceptors (Lipinski definition) is 25. The molecule has 28 nitrogen and oxygen atoms in total. The molecule has 18 rings (SSSR count). The SMILES string of the molecule is CNc1cc(F)c(F)c2c1[nH]c1nc(Oc3cnc(C(C)C)nc3)nc(N3CC4(CC[C@H]4N)C3)c12.CNc1cc(F)c(F)c2c1[nH]c1nc(Oc3cnc(C(C)C)nc3)nc(N3C[C@H]4C[C@@H]3C[C@H]4N)c12.CNc1cc(F)c(F)c2c1[nH]c1nc(Oc3cnc([C@H](C)O)nc3)nc(N3CC4(CC[C@@H]4N)C3)c12. The van der Waals surface area contributed by atoms with Crippen molar-refractivity contribution in [1.82, 2.24) is 74.8 Å². The highest BCUT2D eigenvalue weighted by molar-refractivity contribution is 6.17. The molecule has 0 radical (unpaired) electrons. The summed E-state index contributed by atoms with van der Waals surface area (Å²) in [6, 6.07) is 4.03. The number of rotatable bonds is 15. The Hall–Kier alpha value is -10.8. The Kier molecular flexibility index (Phi) is 17.0. The largest absolute Gasteiger partial charge is 0.421 e. The summed E-state index contributed by atoms with van der Waals surface area (Å²) >= 11 is 0. The van der Waals surface area contributed by atoms with Gasteiger partial charge in [-0.3, -0.25) is 0 Å². The maximum atomic E-state index is 15.2. The molecule has 2 bridgehead atoms. The van der Waals surface area contributed by atoms with Crippen LogP contribution in [0.15, 0.2) is 55.4 Å². The van der Waals surface area contributed by atoms with Gasteiger partial charge in [0.25, 0.3) is 0 Å². The van der Waals surface area contributed by atoms with Crippen molar-refractivity contribution < 1.29 is 45.7 Å². The van der Waals surface area contributed by atoms with Gasteiger partial charge in [0, 0.05) is 119 Å². The smallest absolute Gasteiger partial charge is 0.326 e. The zero-order valence-corrected chi connectivity index (χ0v) is 58.5. The Morgan fingerprint density at radius 2 is 0.829 bits per heavy atom. The number of aromatic nitrogens is 15. The van der Waals surface area contributed by atoms with E-state index < -0.39 is 41.0 Å². The average molecular weight is 1440 g/mol. The minimum Gasteiger partial charge on any atom is -0.421 e. The zero-order valence-electron chi connectivity index (χ0n) is 58.5. The number of H-pyrrole nitrogens is 3. The molecule has 0 unspecified atom stereocenters. The number of aliphatic hydroxyl groups excluding tert-OH is 1. The van der Waals surface area contributed by atoms with Gasteiger partial charge in [-0.2, -0.15) is 29.9 Å². The normalized spacial score (nSPS) is 20.0. The average Bonchev–Trinajstić information content (AvgIpc) is 1.41. The Morgan fingerprint density at radius 1 is 0.486 bits per heavy atom. The maximum absolute atomic E-state index is 15.2. The lowest BCUT2D eigenvalue weighted by atomic mass is 9.60. The Labute approximate surface area is 595 Å². The van der Waals surface area contributed by atoms with Crippen molar-refractivity contribution in [2.75, 3.05) is 84.5 Å². The second kappa shape index (κ2) is 26.1. The first-order chi connectivity index (χ1) is 50.4. The minimum atomic E-state index is -0.971. The lowest BCUT2D eigenvalue weighted by Crippen LogP contribution is -2.69. The van der Waals surface area contributed by atoms with Crippen molar-refractivity contribution in [2.45, 2.75) is 115 Å². The Balaban J connectivity index is 0.000000121. The number of anilines is 6. The topological polar surface area (TPSA) is 374 Å². The molecule has 34 heteroatoms. The van der Waals surface area contributed by atoms with E-state index in [0.29, 0.717) is 146 Å². The predicted molar refractivity (Wildman–Crippen MR) is 383 cm³/mol. The molecule has 3 aromatic carbocycles. The second-order valence-corrected chi connectivity index (χ2v) is 28.7. The third kappa shape index (κ3) is 11.7. The van der Waals surface area contributed by atoms with E-state index in [1.807, 2.05) is 37.5 Å². The van der Waals surface area contributed by atoms with Gasteiger partial charge in [0.05, 0.1) is 103 Å². The van der Waals surface area contributed by atoms with Crippen LogP contribution in [0.2, 0.25) is 0 Å². The molecular formula is C71H76F6N24O4. The number of piperidine rings is 1. The van der Waals surface area contributed by atoms with E-state index in [0.717, 1.165) is 56.7 Å². The lowest BCUT2D eigenvalue weighted by Gasteiger charge is -2.60. The quantitative estimate of drug-likeness (QED) is 0.0426. The van der Waals surface area contributed by atoms with Crippen LogP contribution in [-0.4, -0.2) is 158 Å². The van der Waals surface area contributed by atoms with Gasteiger partial charge in [0.2, 0.25) is 0 Å². The van der Waals surface area contributed by atoms with Crippen LogP contribution in [0.1, 0.15) is 109 Å². The first-order valence-electron chi connectivity index (χ1n) is 34.8. The van der Waals surface area contributed by atoms with Crippen LogP contribution < -0.4 is 62.1 Å². The van der Waals surface area contributed by atoms with Crippen LogP contribution in [-0.2, 0) is 0 Å². The minimum absolute atomic E-state index is 0.00167. The van der Waals surface area contributed by atoms with E-state index in [9.17, 15) is 18.3 Å². The molecule has 6 fully saturated rings. The van der Waals surface area contributed by atoms with Crippen molar-refractivity contribution >= 4 is 100 Å². The second-order valence-electron chi connectivity index (χ2n) is 28.7. The van der Waals surface area contributed by atoms with Crippen LogP contribution in [0, 0.1) is 51.7 Å². The van der Waals surface area contributed by atoms with Gasteiger partial charge in [-0.05, 0) is 51.4 Å². The maximum Gasteiger partial charge on any atom is 0.326 e. The van der Waals surface area contributed by atoms with E-state index in [4.69, 9.17) is 36.4 Å². The number of aromatic amines is 3. The molecule has 13 N–H and O–H groups in total. The molecule has 9 aromatic heterocycles. The standard InChI is InChI=1S/2C24H26F2N8O.C23H24F2N8O2/c1-10(2)21-29-7-13(8-30-21)35-24-32-22-18(17-19(26)14(25)6-16(28-3)20(17)31-22)23(33-24)34-9-11-4-12(34)5-15(11)27;1-11(2)20-29-7-12(8-30-20)35-23-32-21-17(16-18(26)13(25)6-14(28-3)19(16)31-21)22(33-23)34-9-24(10-34)5-4-15(24)27;1-10(34)19-28-6-11(7-29-19)35-22-31-20-16(15-17(25)12(24)5-13(27-2)18(15)30-20)21(32-22)33-8-23(9-33)4-3-14(23)26/h6-8,10-12,15,28H,4-5,9,27H2,1-3H3,(H,31,32,33);6-8,11,15,28H,4-5,9-10,27H2,1-3H3,(H,31,32,33);5-7,10,14,27,34H,3-4,8-9,26H2,1-2H3,(H,30,31,32)/t11-,12-,15-;15-;10-,14-/m110/s1. The highest BCUT2D eigenvalue weighted by Gasteiger charge is 2.55. The van der Waals surface area contributed by atoms with E-state index in [-0.39, 0.29) is 92.6 Å². The van der Waals surface area contributed by atoms with E-state index in [1.54, 1.807) is 52.9 Å². The molecule has 12 aromatic rings. The highest BCUT2D eigenvalue weighted by atomic mass is 19.2. The molecule has 3 saturated heterocycles. The molecule has 6 aliphatic rings. The zero-order chi connectivity index (χ0) is 73.4. The summed E-state index contributed by atoms with van der Waals surface area (Å²) in [5.41, 5.74) is 22.3. The lowest BCUT2D eigenvalue weighted by molar-refractivity contribution is 0.0559. The van der Waals surface area contributed by atoms with Crippen LogP contribution in [0.4, 0.5) is 60.9 Å². The number of ether oxygens (including phenoxy) is 3. The van der Waals surface area contributed by atoms with E-state index in [1.165, 1.54) is 12.4 Å². The number of nitrogens with one attached hydrogen (secondary N) is 6. The van der Waals surface area contributed by atoms with Gasteiger partial charge in [-0.25, -0.2) is 56.2 Å². The number of nitrogens with two attached hydrogens (primary N) is 3. The van der Waals surface area contributed by atoms with Crippen LogP contribution >= 0.6 is 0 Å². The van der Waals surface area contributed by atoms with Crippen molar-refractivity contribution in [1.29, 1.82) is 0 Å². The third-order valence-corrected chi connectivity index (χ3v) is 21.5. The van der Waals surface area contributed by atoms with Gasteiger partial charge in [-0.1, -0.05) is 27.7 Å². The van der Waals surface area contributed by atoms with E-state index in [2.05, 4.69) is 90.6 Å². The van der Waals surface area contributed by atoms with Gasteiger partial charge in [-0.15, -0.1) is 0 Å². The molecule has 3 aliphatic carbocycles. The summed E-state index contributed by atoms with van der Waals surface area (Å²) in [5, 5.41) is 19.9. The van der Waals surface area contributed by atoms with Gasteiger partial charge < -0.3 is 82.1 Å². The summed E-state index contributed by atoms with van der Waals surface area (Å²) in [4.78, 5) is 68.4. The molecule has 6 atom stereocenters. The van der Waals surface area contributed by atoms with Crippen LogP contribution in [0.3, 0.4) is 0 Å². The first kappa shape index (κ1) is 68.6. The summed E-state index contributed by atoms with van der Waals surface area (Å²) in [6.45, 7) is 13.0. The first-order valence-corrected chi connectivity index (χ1v) is 34.8. The highest BCUT2D eigenvalue weighted by Crippen LogP contribution is 2.53. The molecule has 3 aliphatic heterocycles.